The molecule has 11 rings (SSSR count). The summed E-state index contributed by atoms with van der Waals surface area (Å²) in [6.07, 6.45) is 0. The quantitative estimate of drug-likeness (QED) is 0.170. The van der Waals surface area contributed by atoms with Gasteiger partial charge in [0, 0.05) is 53.6 Å². The highest BCUT2D eigenvalue weighted by Crippen LogP contribution is 2.43. The molecule has 0 saturated heterocycles. The average molecular weight is 720 g/mol. The first-order valence-electron chi connectivity index (χ1n) is 18.7. The van der Waals surface area contributed by atoms with Crippen LogP contribution >= 0.6 is 11.3 Å². The molecule has 2 nitrogen and oxygen atoms in total. The second-order valence-electron chi connectivity index (χ2n) is 14.1. The van der Waals surface area contributed by atoms with Gasteiger partial charge in [0.05, 0.1) is 0 Å². The van der Waals surface area contributed by atoms with E-state index in [9.17, 15) is 0 Å². The fourth-order valence-corrected chi connectivity index (χ4v) is 9.34. The number of furan rings is 1. The Morgan fingerprint density at radius 1 is 0.364 bits per heavy atom. The van der Waals surface area contributed by atoms with Crippen molar-refractivity contribution in [3.05, 3.63) is 200 Å². The second kappa shape index (κ2) is 12.9. The summed E-state index contributed by atoms with van der Waals surface area (Å²) in [5.41, 5.74) is 12.1. The van der Waals surface area contributed by atoms with Crippen LogP contribution in [0.4, 0.5) is 17.1 Å². The van der Waals surface area contributed by atoms with E-state index in [1.54, 1.807) is 0 Å². The van der Waals surface area contributed by atoms with Crippen molar-refractivity contribution in [3.8, 4) is 33.4 Å². The van der Waals surface area contributed by atoms with E-state index in [1.165, 1.54) is 53.2 Å². The van der Waals surface area contributed by atoms with Crippen LogP contribution in [0.2, 0.25) is 0 Å². The van der Waals surface area contributed by atoms with E-state index < -0.39 is 0 Å². The first kappa shape index (κ1) is 31.6. The normalized spacial score (nSPS) is 11.6. The van der Waals surface area contributed by atoms with Gasteiger partial charge in [-0.1, -0.05) is 140 Å². The molecule has 3 heteroatoms. The molecule has 0 fully saturated rings. The number of hydrogen-bond donors (Lipinski definition) is 0. The molecule has 0 radical (unpaired) electrons. The summed E-state index contributed by atoms with van der Waals surface area (Å²) in [7, 11) is 0. The molecule has 0 aliphatic heterocycles. The highest BCUT2D eigenvalue weighted by molar-refractivity contribution is 7.25. The lowest BCUT2D eigenvalue weighted by molar-refractivity contribution is 0.670. The summed E-state index contributed by atoms with van der Waals surface area (Å²) >= 11 is 1.86. The number of fused-ring (bicyclic) bond motifs is 7. The summed E-state index contributed by atoms with van der Waals surface area (Å²) in [6, 6.07) is 72.2. The van der Waals surface area contributed by atoms with Crippen LogP contribution in [0.1, 0.15) is 0 Å². The molecular formula is C52H33NOS. The van der Waals surface area contributed by atoms with Gasteiger partial charge >= 0.3 is 0 Å². The highest BCUT2D eigenvalue weighted by Gasteiger charge is 2.18. The van der Waals surface area contributed by atoms with Gasteiger partial charge < -0.3 is 9.32 Å². The third-order valence-electron chi connectivity index (χ3n) is 10.9. The smallest absolute Gasteiger partial charge is 0.143 e. The predicted molar refractivity (Wildman–Crippen MR) is 235 cm³/mol. The fourth-order valence-electron chi connectivity index (χ4n) is 8.21. The predicted octanol–water partition coefficient (Wildman–Crippen LogP) is 15.6. The van der Waals surface area contributed by atoms with E-state index in [2.05, 4.69) is 193 Å². The van der Waals surface area contributed by atoms with Crippen LogP contribution in [0.15, 0.2) is 205 Å². The molecule has 2 heterocycles. The zero-order chi connectivity index (χ0) is 36.3. The summed E-state index contributed by atoms with van der Waals surface area (Å²) in [6.45, 7) is 0. The van der Waals surface area contributed by atoms with E-state index in [1.807, 2.05) is 23.5 Å². The molecular weight excluding hydrogens is 687 g/mol. The third kappa shape index (κ3) is 5.40. The summed E-state index contributed by atoms with van der Waals surface area (Å²) in [5, 5.41) is 7.39. The Balaban J connectivity index is 1.03. The molecule has 2 aromatic heterocycles. The summed E-state index contributed by atoms with van der Waals surface area (Å²) in [5.74, 6) is 0. The van der Waals surface area contributed by atoms with Crippen molar-refractivity contribution in [3.63, 3.8) is 0 Å². The lowest BCUT2D eigenvalue weighted by Crippen LogP contribution is -2.10. The lowest BCUT2D eigenvalue weighted by Gasteiger charge is -2.26. The maximum Gasteiger partial charge on any atom is 0.143 e. The Bertz CT molecular complexity index is 3210. The molecule has 0 atom stereocenters. The molecule has 0 N–H and O–H groups in total. The molecule has 0 bridgehead atoms. The number of rotatable bonds is 6. The molecule has 0 amide bonds. The number of hydrogen-bond acceptors (Lipinski definition) is 3. The number of thiophene rings is 1. The largest absolute Gasteiger partial charge is 0.455 e. The van der Waals surface area contributed by atoms with E-state index in [4.69, 9.17) is 4.42 Å². The zero-order valence-electron chi connectivity index (χ0n) is 29.8. The Morgan fingerprint density at radius 3 is 1.85 bits per heavy atom. The fraction of sp³-hybridized carbons (Fsp3) is 0. The number of para-hydroxylation sites is 2. The number of nitrogens with zero attached hydrogens (tertiary/aromatic N) is 1. The highest BCUT2D eigenvalue weighted by atomic mass is 32.1. The van der Waals surface area contributed by atoms with E-state index in [0.29, 0.717) is 0 Å². The Kier molecular flexibility index (Phi) is 7.39. The van der Waals surface area contributed by atoms with Crippen molar-refractivity contribution < 1.29 is 4.42 Å². The Hall–Kier alpha value is -6.94. The van der Waals surface area contributed by atoms with Crippen LogP contribution < -0.4 is 4.90 Å². The average Bonchev–Trinajstić information content (AvgIpc) is 3.83. The summed E-state index contributed by atoms with van der Waals surface area (Å²) < 4.78 is 9.04. The Labute approximate surface area is 322 Å². The van der Waals surface area contributed by atoms with Crippen LogP contribution in [0.3, 0.4) is 0 Å². The molecule has 11 aromatic rings. The molecule has 9 aromatic carbocycles. The topological polar surface area (TPSA) is 16.4 Å². The minimum atomic E-state index is 0.908. The molecule has 0 unspecified atom stereocenters. The van der Waals surface area contributed by atoms with Crippen LogP contribution in [0.5, 0.6) is 0 Å². The Morgan fingerprint density at radius 2 is 1.00 bits per heavy atom. The van der Waals surface area contributed by atoms with Crippen molar-refractivity contribution in [1.29, 1.82) is 0 Å². The molecule has 0 aliphatic carbocycles. The first-order valence-corrected chi connectivity index (χ1v) is 19.5. The van der Waals surface area contributed by atoms with Gasteiger partial charge in [-0.2, -0.15) is 0 Å². The van der Waals surface area contributed by atoms with Crippen molar-refractivity contribution in [2.75, 3.05) is 4.90 Å². The molecule has 258 valence electrons. The summed E-state index contributed by atoms with van der Waals surface area (Å²) in [4.78, 5) is 2.37. The van der Waals surface area contributed by atoms with Crippen LogP contribution in [0.25, 0.3) is 86.3 Å². The number of anilines is 3. The minimum absolute atomic E-state index is 0.908. The number of benzene rings is 9. The van der Waals surface area contributed by atoms with Gasteiger partial charge in [-0.15, -0.1) is 11.3 Å². The van der Waals surface area contributed by atoms with Crippen LogP contribution in [0, 0.1) is 0 Å². The van der Waals surface area contributed by atoms with Crippen LogP contribution in [-0.4, -0.2) is 0 Å². The third-order valence-corrected chi connectivity index (χ3v) is 12.0. The van der Waals surface area contributed by atoms with Crippen molar-refractivity contribution >= 4 is 81.3 Å². The molecule has 0 saturated carbocycles. The van der Waals surface area contributed by atoms with Gasteiger partial charge in [0.1, 0.15) is 11.2 Å². The van der Waals surface area contributed by atoms with Gasteiger partial charge in [-0.3, -0.25) is 0 Å². The van der Waals surface area contributed by atoms with Gasteiger partial charge in [0.2, 0.25) is 0 Å². The van der Waals surface area contributed by atoms with E-state index in [-0.39, 0.29) is 0 Å². The molecule has 0 aliphatic rings. The van der Waals surface area contributed by atoms with Crippen molar-refractivity contribution in [2.24, 2.45) is 0 Å². The van der Waals surface area contributed by atoms with Gasteiger partial charge in [0.25, 0.3) is 0 Å². The van der Waals surface area contributed by atoms with Crippen molar-refractivity contribution in [1.82, 2.24) is 0 Å². The van der Waals surface area contributed by atoms with E-state index in [0.717, 1.165) is 50.1 Å². The zero-order valence-corrected chi connectivity index (χ0v) is 30.6. The van der Waals surface area contributed by atoms with Gasteiger partial charge in [0.15, 0.2) is 0 Å². The lowest BCUT2D eigenvalue weighted by atomic mass is 9.98. The first-order chi connectivity index (χ1) is 27.2. The van der Waals surface area contributed by atoms with Gasteiger partial charge in [-0.05, 0) is 99.3 Å². The standard InChI is InChI=1S/C52H33NOS/c1-2-11-37-32-38(23-22-34(37)10-1)35-24-28-40(29-25-35)53(41-30-26-36(27-31-41)44-17-8-18-46-45-14-3-5-19-48(45)54-52(44)46)42-13-7-12-39(33-42)43-16-9-21-50-51(43)47-15-4-6-20-49(47)55-50/h1-33H. The van der Waals surface area contributed by atoms with Crippen LogP contribution in [-0.2, 0) is 0 Å². The van der Waals surface area contributed by atoms with Crippen molar-refractivity contribution in [2.45, 2.75) is 0 Å². The SMILES string of the molecule is c1cc(-c2cccc3sc4ccccc4c23)cc(N(c2ccc(-c3ccc4ccccc4c3)cc2)c2ccc(-c3cccc4c3oc3ccccc34)cc2)c1. The maximum atomic E-state index is 6.42. The maximum absolute atomic E-state index is 6.42. The van der Waals surface area contributed by atoms with E-state index >= 15 is 0 Å². The monoisotopic (exact) mass is 719 g/mol. The molecule has 55 heavy (non-hydrogen) atoms. The minimum Gasteiger partial charge on any atom is -0.455 e. The van der Waals surface area contributed by atoms with Gasteiger partial charge in [-0.25, -0.2) is 0 Å². The molecule has 0 spiro atoms. The second-order valence-corrected chi connectivity index (χ2v) is 15.2.